The number of aromatic nitrogens is 6. The first kappa shape index (κ1) is 12.3. The number of H-pyrrole nitrogens is 1. The summed E-state index contributed by atoms with van der Waals surface area (Å²) in [7, 11) is 0. The summed E-state index contributed by atoms with van der Waals surface area (Å²) >= 11 is 0. The Morgan fingerprint density at radius 2 is 2.00 bits per heavy atom. The number of anilines is 1. The first-order valence-corrected chi connectivity index (χ1v) is 6.32. The molecule has 20 heavy (non-hydrogen) atoms. The summed E-state index contributed by atoms with van der Waals surface area (Å²) in [5.41, 5.74) is 5.30. The van der Waals surface area contributed by atoms with Crippen LogP contribution in [-0.4, -0.2) is 30.4 Å². The number of benzene rings is 1. The van der Waals surface area contributed by atoms with Gasteiger partial charge in [-0.05, 0) is 48.5 Å². The van der Waals surface area contributed by atoms with Crippen LogP contribution in [0.15, 0.2) is 30.6 Å². The van der Waals surface area contributed by atoms with Crippen LogP contribution in [0.25, 0.3) is 5.69 Å². The Morgan fingerprint density at radius 3 is 2.60 bits per heavy atom. The first-order valence-electron chi connectivity index (χ1n) is 6.32. The van der Waals surface area contributed by atoms with Crippen molar-refractivity contribution in [3.05, 3.63) is 47.5 Å². The zero-order chi connectivity index (χ0) is 13.9. The molecule has 0 amide bonds. The number of aryl methyl sites for hydroxylation is 2. The van der Waals surface area contributed by atoms with Crippen LogP contribution in [0.4, 0.5) is 5.69 Å². The average Bonchev–Trinajstić information content (AvgIpc) is 3.09. The van der Waals surface area contributed by atoms with E-state index >= 15 is 0 Å². The number of rotatable bonds is 4. The lowest BCUT2D eigenvalue weighted by molar-refractivity contribution is 0.789. The van der Waals surface area contributed by atoms with Crippen molar-refractivity contribution in [2.75, 3.05) is 5.32 Å². The predicted molar refractivity (Wildman–Crippen MR) is 74.5 cm³/mol. The normalized spacial score (nSPS) is 10.7. The lowest BCUT2D eigenvalue weighted by atomic mass is 10.2. The summed E-state index contributed by atoms with van der Waals surface area (Å²) in [6.45, 7) is 4.78. The van der Waals surface area contributed by atoms with E-state index in [-0.39, 0.29) is 0 Å². The zero-order valence-electron chi connectivity index (χ0n) is 11.3. The molecule has 0 saturated carbocycles. The highest BCUT2D eigenvalue weighted by molar-refractivity contribution is 5.49. The molecule has 0 atom stereocenters. The second-order valence-corrected chi connectivity index (χ2v) is 4.57. The third-order valence-electron chi connectivity index (χ3n) is 3.23. The van der Waals surface area contributed by atoms with E-state index in [0.29, 0.717) is 0 Å². The zero-order valence-corrected chi connectivity index (χ0v) is 11.3. The molecular formula is C13H15N7. The van der Waals surface area contributed by atoms with Gasteiger partial charge < -0.3 is 5.32 Å². The fourth-order valence-corrected chi connectivity index (χ4v) is 2.04. The van der Waals surface area contributed by atoms with E-state index in [1.165, 1.54) is 5.56 Å². The highest BCUT2D eigenvalue weighted by Crippen LogP contribution is 2.15. The molecule has 3 aromatic rings. The van der Waals surface area contributed by atoms with E-state index in [1.807, 2.05) is 38.1 Å². The first-order chi connectivity index (χ1) is 9.74. The Balaban J connectivity index is 1.70. The molecule has 2 N–H and O–H groups in total. The Hall–Kier alpha value is -2.70. The minimum Gasteiger partial charge on any atom is -0.381 e. The van der Waals surface area contributed by atoms with Crippen LogP contribution in [0.1, 0.15) is 17.0 Å². The van der Waals surface area contributed by atoms with Gasteiger partial charge in [0.1, 0.15) is 6.33 Å². The molecule has 0 aliphatic rings. The molecule has 2 heterocycles. The minimum absolute atomic E-state index is 0.748. The molecule has 1 aromatic carbocycles. The van der Waals surface area contributed by atoms with Crippen molar-refractivity contribution in [1.82, 2.24) is 30.4 Å². The average molecular weight is 269 g/mol. The number of tetrazole rings is 1. The SMILES string of the molecule is Cc1n[nH]c(C)c1CNc1ccc(-n2cnnn2)cc1. The third kappa shape index (κ3) is 2.37. The van der Waals surface area contributed by atoms with Gasteiger partial charge in [0.2, 0.25) is 0 Å². The van der Waals surface area contributed by atoms with Gasteiger partial charge in [0.25, 0.3) is 0 Å². The summed E-state index contributed by atoms with van der Waals surface area (Å²) in [6.07, 6.45) is 1.57. The van der Waals surface area contributed by atoms with Gasteiger partial charge in [-0.15, -0.1) is 5.10 Å². The van der Waals surface area contributed by atoms with Gasteiger partial charge in [-0.1, -0.05) is 0 Å². The van der Waals surface area contributed by atoms with Gasteiger partial charge in [0.15, 0.2) is 0 Å². The van der Waals surface area contributed by atoms with E-state index in [2.05, 4.69) is 31.0 Å². The van der Waals surface area contributed by atoms with E-state index in [0.717, 1.165) is 29.3 Å². The van der Waals surface area contributed by atoms with E-state index in [9.17, 15) is 0 Å². The predicted octanol–water partition coefficient (Wildman–Crippen LogP) is 1.61. The monoisotopic (exact) mass is 269 g/mol. The Kier molecular flexibility index (Phi) is 3.16. The number of aromatic amines is 1. The van der Waals surface area contributed by atoms with Crippen LogP contribution < -0.4 is 5.32 Å². The standard InChI is InChI=1S/C13H15N7/c1-9-13(10(2)17-16-9)7-14-11-3-5-12(6-4-11)20-8-15-18-19-20/h3-6,8,14H,7H2,1-2H3,(H,16,17). The number of nitrogens with one attached hydrogen (secondary N) is 2. The molecule has 0 fully saturated rings. The highest BCUT2D eigenvalue weighted by atomic mass is 15.5. The largest absolute Gasteiger partial charge is 0.381 e. The van der Waals surface area contributed by atoms with Crippen molar-refractivity contribution in [3.63, 3.8) is 0 Å². The Bertz CT molecular complexity index is 663. The topological polar surface area (TPSA) is 84.3 Å². The van der Waals surface area contributed by atoms with Gasteiger partial charge >= 0.3 is 0 Å². The second-order valence-electron chi connectivity index (χ2n) is 4.57. The number of hydrogen-bond donors (Lipinski definition) is 2. The molecule has 0 saturated heterocycles. The van der Waals surface area contributed by atoms with Crippen LogP contribution in [0.2, 0.25) is 0 Å². The summed E-state index contributed by atoms with van der Waals surface area (Å²) < 4.78 is 1.62. The molecule has 0 spiro atoms. The molecule has 3 rings (SSSR count). The van der Waals surface area contributed by atoms with Gasteiger partial charge in [0.05, 0.1) is 11.4 Å². The van der Waals surface area contributed by atoms with Crippen molar-refractivity contribution in [2.24, 2.45) is 0 Å². The Morgan fingerprint density at radius 1 is 1.20 bits per heavy atom. The van der Waals surface area contributed by atoms with Crippen molar-refractivity contribution in [3.8, 4) is 5.69 Å². The number of nitrogens with zero attached hydrogens (tertiary/aromatic N) is 5. The third-order valence-corrected chi connectivity index (χ3v) is 3.23. The molecule has 7 nitrogen and oxygen atoms in total. The molecule has 0 aliphatic carbocycles. The second kappa shape index (κ2) is 5.12. The van der Waals surface area contributed by atoms with Crippen molar-refractivity contribution in [1.29, 1.82) is 0 Å². The maximum Gasteiger partial charge on any atom is 0.143 e. The Labute approximate surface area is 116 Å². The van der Waals surface area contributed by atoms with Crippen LogP contribution >= 0.6 is 0 Å². The lowest BCUT2D eigenvalue weighted by Gasteiger charge is -2.07. The fraction of sp³-hybridized carbons (Fsp3) is 0.231. The van der Waals surface area contributed by atoms with Crippen molar-refractivity contribution in [2.45, 2.75) is 20.4 Å². The van der Waals surface area contributed by atoms with Crippen LogP contribution in [0.5, 0.6) is 0 Å². The highest BCUT2D eigenvalue weighted by Gasteiger charge is 2.05. The molecule has 7 heteroatoms. The van der Waals surface area contributed by atoms with E-state index in [4.69, 9.17) is 0 Å². The summed E-state index contributed by atoms with van der Waals surface area (Å²) in [5.74, 6) is 0. The smallest absolute Gasteiger partial charge is 0.143 e. The van der Waals surface area contributed by atoms with Gasteiger partial charge in [0, 0.05) is 23.5 Å². The summed E-state index contributed by atoms with van der Waals surface area (Å²) in [6, 6.07) is 7.94. The molecule has 102 valence electrons. The van der Waals surface area contributed by atoms with E-state index in [1.54, 1.807) is 11.0 Å². The van der Waals surface area contributed by atoms with Gasteiger partial charge in [-0.2, -0.15) is 5.10 Å². The molecule has 2 aromatic heterocycles. The van der Waals surface area contributed by atoms with Crippen molar-refractivity contribution >= 4 is 5.69 Å². The van der Waals surface area contributed by atoms with Crippen LogP contribution in [0, 0.1) is 13.8 Å². The molecular weight excluding hydrogens is 254 g/mol. The van der Waals surface area contributed by atoms with Crippen LogP contribution in [0.3, 0.4) is 0 Å². The lowest BCUT2D eigenvalue weighted by Crippen LogP contribution is -2.02. The minimum atomic E-state index is 0.748. The molecule has 0 aliphatic heterocycles. The quantitative estimate of drug-likeness (QED) is 0.751. The maximum absolute atomic E-state index is 4.19. The van der Waals surface area contributed by atoms with Crippen molar-refractivity contribution < 1.29 is 0 Å². The van der Waals surface area contributed by atoms with Gasteiger partial charge in [-0.3, -0.25) is 5.10 Å². The van der Waals surface area contributed by atoms with E-state index < -0.39 is 0 Å². The fourth-order valence-electron chi connectivity index (χ4n) is 2.04. The molecule has 0 radical (unpaired) electrons. The maximum atomic E-state index is 4.19. The molecule has 0 unspecified atom stereocenters. The summed E-state index contributed by atoms with van der Waals surface area (Å²) in [5, 5.41) is 21.6. The summed E-state index contributed by atoms with van der Waals surface area (Å²) in [4.78, 5) is 0. The molecule has 0 bridgehead atoms. The van der Waals surface area contributed by atoms with Gasteiger partial charge in [-0.25, -0.2) is 4.68 Å². The van der Waals surface area contributed by atoms with Crippen LogP contribution in [-0.2, 0) is 6.54 Å². The number of hydrogen-bond acceptors (Lipinski definition) is 5.